The van der Waals surface area contributed by atoms with E-state index in [0.29, 0.717) is 6.54 Å². The van der Waals surface area contributed by atoms with E-state index in [1.54, 1.807) is 0 Å². The summed E-state index contributed by atoms with van der Waals surface area (Å²) in [5.41, 5.74) is 2.55. The molecule has 21 heavy (non-hydrogen) atoms. The largest absolute Gasteiger partial charge is 0.393 e. The summed E-state index contributed by atoms with van der Waals surface area (Å²) < 4.78 is 0. The van der Waals surface area contributed by atoms with Crippen LogP contribution < -0.4 is 5.32 Å². The van der Waals surface area contributed by atoms with Gasteiger partial charge >= 0.3 is 0 Å². The van der Waals surface area contributed by atoms with Crippen LogP contribution in [0.4, 0.5) is 0 Å². The Labute approximate surface area is 127 Å². The number of piperidine rings is 1. The van der Waals surface area contributed by atoms with Crippen LogP contribution in [-0.4, -0.2) is 47.7 Å². The number of hydrogen-bond acceptors (Lipinski definition) is 3. The number of likely N-dealkylation sites (tertiary alicyclic amines) is 1. The van der Waals surface area contributed by atoms with E-state index in [1.807, 2.05) is 19.1 Å². The SMILES string of the molecule is Cc1ccccc1CCNC(=O)C(C)N1CCC(O)CC1. The molecule has 1 saturated heterocycles. The van der Waals surface area contributed by atoms with Crippen molar-refractivity contribution in [1.29, 1.82) is 0 Å². The Bertz CT molecular complexity index is 468. The third kappa shape index (κ3) is 4.55. The molecule has 1 fully saturated rings. The predicted octanol–water partition coefficient (Wildman–Crippen LogP) is 1.50. The molecule has 0 bridgehead atoms. The average molecular weight is 290 g/mol. The first-order chi connectivity index (χ1) is 10.1. The van der Waals surface area contributed by atoms with E-state index in [9.17, 15) is 9.90 Å². The highest BCUT2D eigenvalue weighted by molar-refractivity contribution is 5.81. The normalized spacial score (nSPS) is 18.4. The fraction of sp³-hybridized carbons (Fsp3) is 0.588. The molecule has 1 atom stereocenters. The Balaban J connectivity index is 1.75. The minimum absolute atomic E-state index is 0.0833. The Kier molecular flexibility index (Phi) is 5.76. The number of nitrogens with zero attached hydrogens (tertiary/aromatic N) is 1. The van der Waals surface area contributed by atoms with Crippen molar-refractivity contribution in [2.45, 2.75) is 45.3 Å². The molecule has 0 aromatic heterocycles. The van der Waals surface area contributed by atoms with Crippen LogP contribution in [0, 0.1) is 6.92 Å². The number of nitrogens with one attached hydrogen (secondary N) is 1. The second-order valence-corrected chi connectivity index (χ2v) is 5.91. The second kappa shape index (κ2) is 7.57. The third-order valence-corrected chi connectivity index (χ3v) is 4.38. The Morgan fingerprint density at radius 1 is 1.38 bits per heavy atom. The van der Waals surface area contributed by atoms with Gasteiger partial charge in [0.1, 0.15) is 0 Å². The highest BCUT2D eigenvalue weighted by atomic mass is 16.3. The summed E-state index contributed by atoms with van der Waals surface area (Å²) in [4.78, 5) is 14.3. The van der Waals surface area contributed by atoms with E-state index in [4.69, 9.17) is 0 Å². The van der Waals surface area contributed by atoms with Gasteiger partial charge in [-0.15, -0.1) is 0 Å². The lowest BCUT2D eigenvalue weighted by Crippen LogP contribution is -2.49. The molecule has 1 aromatic carbocycles. The summed E-state index contributed by atoms with van der Waals surface area (Å²) in [5, 5.41) is 12.5. The molecule has 1 aliphatic heterocycles. The highest BCUT2D eigenvalue weighted by Crippen LogP contribution is 2.13. The molecular formula is C17H26N2O2. The van der Waals surface area contributed by atoms with Gasteiger partial charge in [-0.3, -0.25) is 9.69 Å². The number of aliphatic hydroxyl groups excluding tert-OH is 1. The van der Waals surface area contributed by atoms with E-state index in [1.165, 1.54) is 11.1 Å². The molecule has 116 valence electrons. The summed E-state index contributed by atoms with van der Waals surface area (Å²) in [6.07, 6.45) is 2.20. The molecule has 4 heteroatoms. The van der Waals surface area contributed by atoms with Crippen molar-refractivity contribution in [3.05, 3.63) is 35.4 Å². The second-order valence-electron chi connectivity index (χ2n) is 5.91. The maximum absolute atomic E-state index is 12.2. The van der Waals surface area contributed by atoms with Crippen LogP contribution in [0.1, 0.15) is 30.9 Å². The van der Waals surface area contributed by atoms with Crippen molar-refractivity contribution in [1.82, 2.24) is 10.2 Å². The minimum Gasteiger partial charge on any atom is -0.393 e. The molecule has 1 aliphatic rings. The van der Waals surface area contributed by atoms with Gasteiger partial charge in [0.25, 0.3) is 0 Å². The number of benzene rings is 1. The average Bonchev–Trinajstić information content (AvgIpc) is 2.49. The number of carbonyl (C=O) groups excluding carboxylic acids is 1. The van der Waals surface area contributed by atoms with Gasteiger partial charge in [-0.25, -0.2) is 0 Å². The van der Waals surface area contributed by atoms with Crippen molar-refractivity contribution in [3.63, 3.8) is 0 Å². The van der Waals surface area contributed by atoms with E-state index in [-0.39, 0.29) is 18.1 Å². The van der Waals surface area contributed by atoms with Crippen LogP contribution in [-0.2, 0) is 11.2 Å². The molecule has 1 amide bonds. The zero-order valence-corrected chi connectivity index (χ0v) is 13.0. The van der Waals surface area contributed by atoms with Gasteiger partial charge in [-0.1, -0.05) is 24.3 Å². The fourth-order valence-electron chi connectivity index (χ4n) is 2.80. The van der Waals surface area contributed by atoms with Gasteiger partial charge in [0, 0.05) is 19.6 Å². The van der Waals surface area contributed by atoms with E-state index < -0.39 is 0 Å². The molecule has 0 radical (unpaired) electrons. The van der Waals surface area contributed by atoms with Crippen molar-refractivity contribution < 1.29 is 9.90 Å². The molecule has 1 aromatic rings. The highest BCUT2D eigenvalue weighted by Gasteiger charge is 2.25. The number of aryl methyl sites for hydroxylation is 1. The molecule has 0 aliphatic carbocycles. The lowest BCUT2D eigenvalue weighted by Gasteiger charge is -2.33. The van der Waals surface area contributed by atoms with Crippen LogP contribution in [0.2, 0.25) is 0 Å². The van der Waals surface area contributed by atoms with Crippen LogP contribution in [0.5, 0.6) is 0 Å². The van der Waals surface area contributed by atoms with Crippen LogP contribution in [0.3, 0.4) is 0 Å². The minimum atomic E-state index is -0.197. The lowest BCUT2D eigenvalue weighted by atomic mass is 10.1. The fourth-order valence-corrected chi connectivity index (χ4v) is 2.80. The zero-order valence-electron chi connectivity index (χ0n) is 13.0. The molecule has 0 spiro atoms. The first-order valence-electron chi connectivity index (χ1n) is 7.82. The molecule has 4 nitrogen and oxygen atoms in total. The first kappa shape index (κ1) is 16.0. The van der Waals surface area contributed by atoms with Gasteiger partial charge in [-0.2, -0.15) is 0 Å². The molecule has 0 saturated carbocycles. The van der Waals surface area contributed by atoms with Gasteiger partial charge in [0.05, 0.1) is 12.1 Å². The standard InChI is InChI=1S/C17H26N2O2/c1-13-5-3-4-6-15(13)7-10-18-17(21)14(2)19-11-8-16(20)9-12-19/h3-6,14,16,20H,7-12H2,1-2H3,(H,18,21). The molecular weight excluding hydrogens is 264 g/mol. The monoisotopic (exact) mass is 290 g/mol. The van der Waals surface area contributed by atoms with E-state index in [2.05, 4.69) is 29.3 Å². The molecule has 2 N–H and O–H groups in total. The summed E-state index contributed by atoms with van der Waals surface area (Å²) in [6, 6.07) is 8.15. The number of amides is 1. The van der Waals surface area contributed by atoms with Gasteiger partial charge in [0.15, 0.2) is 0 Å². The van der Waals surface area contributed by atoms with Gasteiger partial charge in [0.2, 0.25) is 5.91 Å². The third-order valence-electron chi connectivity index (χ3n) is 4.38. The molecule has 2 rings (SSSR count). The summed E-state index contributed by atoms with van der Waals surface area (Å²) >= 11 is 0. The predicted molar refractivity (Wildman–Crippen MR) is 84.2 cm³/mol. The quantitative estimate of drug-likeness (QED) is 0.864. The number of carbonyl (C=O) groups is 1. The number of rotatable bonds is 5. The Hall–Kier alpha value is -1.39. The molecule has 1 heterocycles. The van der Waals surface area contributed by atoms with Crippen molar-refractivity contribution in [2.75, 3.05) is 19.6 Å². The molecule has 1 unspecified atom stereocenters. The maximum atomic E-state index is 12.2. The summed E-state index contributed by atoms with van der Waals surface area (Å²) in [6.45, 7) is 6.31. The Morgan fingerprint density at radius 3 is 2.71 bits per heavy atom. The first-order valence-corrected chi connectivity index (χ1v) is 7.82. The smallest absolute Gasteiger partial charge is 0.237 e. The van der Waals surface area contributed by atoms with Crippen LogP contribution in [0.25, 0.3) is 0 Å². The number of hydrogen-bond donors (Lipinski definition) is 2. The van der Waals surface area contributed by atoms with Crippen LogP contribution in [0.15, 0.2) is 24.3 Å². The van der Waals surface area contributed by atoms with Crippen LogP contribution >= 0.6 is 0 Å². The van der Waals surface area contributed by atoms with Gasteiger partial charge < -0.3 is 10.4 Å². The van der Waals surface area contributed by atoms with Crippen molar-refractivity contribution >= 4 is 5.91 Å². The van der Waals surface area contributed by atoms with Crippen molar-refractivity contribution in [2.24, 2.45) is 0 Å². The topological polar surface area (TPSA) is 52.6 Å². The zero-order chi connectivity index (χ0) is 15.2. The number of aliphatic hydroxyl groups is 1. The maximum Gasteiger partial charge on any atom is 0.237 e. The van der Waals surface area contributed by atoms with E-state index in [0.717, 1.165) is 32.4 Å². The van der Waals surface area contributed by atoms with Crippen molar-refractivity contribution in [3.8, 4) is 0 Å². The van der Waals surface area contributed by atoms with Gasteiger partial charge in [-0.05, 0) is 44.2 Å². The summed E-state index contributed by atoms with van der Waals surface area (Å²) in [7, 11) is 0. The lowest BCUT2D eigenvalue weighted by molar-refractivity contribution is -0.126. The Morgan fingerprint density at radius 2 is 2.05 bits per heavy atom. The van der Waals surface area contributed by atoms with E-state index >= 15 is 0 Å². The summed E-state index contributed by atoms with van der Waals surface area (Å²) in [5.74, 6) is 0.0833.